The lowest BCUT2D eigenvalue weighted by Gasteiger charge is -2.18. The summed E-state index contributed by atoms with van der Waals surface area (Å²) in [5.74, 6) is 1.52. The number of rotatable bonds is 5. The summed E-state index contributed by atoms with van der Waals surface area (Å²) in [5.41, 5.74) is 7.26. The predicted octanol–water partition coefficient (Wildman–Crippen LogP) is 2.40. The molecule has 3 rings (SSSR count). The lowest BCUT2D eigenvalue weighted by atomic mass is 9.93. The lowest BCUT2D eigenvalue weighted by Crippen LogP contribution is -2.34. The minimum atomic E-state index is -0.00331. The van der Waals surface area contributed by atoms with Crippen molar-refractivity contribution in [2.75, 3.05) is 6.54 Å². The molecule has 1 aromatic rings. The second-order valence-electron chi connectivity index (χ2n) is 5.98. The third-order valence-electron chi connectivity index (χ3n) is 4.60. The summed E-state index contributed by atoms with van der Waals surface area (Å²) in [7, 11) is 0. The number of hydrogen-bond donors (Lipinski definition) is 2. The minimum Gasteiger partial charge on any atom is -0.356 e. The fourth-order valence-electron chi connectivity index (χ4n) is 3.43. The van der Waals surface area contributed by atoms with E-state index in [0.29, 0.717) is 18.4 Å². The van der Waals surface area contributed by atoms with Crippen molar-refractivity contribution >= 4 is 5.91 Å². The molecule has 4 atom stereocenters. The van der Waals surface area contributed by atoms with Crippen molar-refractivity contribution in [3.05, 3.63) is 48.0 Å². The summed E-state index contributed by atoms with van der Waals surface area (Å²) < 4.78 is 0. The number of nitrogens with two attached hydrogens (primary N) is 1. The van der Waals surface area contributed by atoms with Crippen molar-refractivity contribution < 1.29 is 4.79 Å². The zero-order chi connectivity index (χ0) is 13.9. The van der Waals surface area contributed by atoms with E-state index < -0.39 is 0 Å². The first kappa shape index (κ1) is 13.4. The van der Waals surface area contributed by atoms with Gasteiger partial charge in [-0.3, -0.25) is 4.79 Å². The largest absolute Gasteiger partial charge is 0.356 e. The Balaban J connectivity index is 1.44. The number of carbonyl (C=O) groups excluding carboxylic acids is 1. The average molecular weight is 270 g/mol. The molecule has 2 aliphatic rings. The van der Waals surface area contributed by atoms with Crippen LogP contribution in [0.25, 0.3) is 0 Å². The summed E-state index contributed by atoms with van der Waals surface area (Å²) in [4.78, 5) is 12.2. The number of fused-ring (bicyclic) bond motifs is 2. The van der Waals surface area contributed by atoms with Gasteiger partial charge in [0.25, 0.3) is 0 Å². The van der Waals surface area contributed by atoms with Crippen LogP contribution in [0.2, 0.25) is 0 Å². The number of benzene rings is 1. The normalized spacial score (nSPS) is 28.6. The van der Waals surface area contributed by atoms with Gasteiger partial charge in [0.15, 0.2) is 0 Å². The highest BCUT2D eigenvalue weighted by atomic mass is 16.1. The van der Waals surface area contributed by atoms with Gasteiger partial charge < -0.3 is 11.1 Å². The van der Waals surface area contributed by atoms with Gasteiger partial charge in [-0.05, 0) is 36.7 Å². The number of amides is 1. The van der Waals surface area contributed by atoms with Gasteiger partial charge in [-0.15, -0.1) is 0 Å². The molecule has 0 saturated heterocycles. The van der Waals surface area contributed by atoms with Crippen molar-refractivity contribution in [3.8, 4) is 0 Å². The van der Waals surface area contributed by atoms with Crippen molar-refractivity contribution in [1.82, 2.24) is 5.32 Å². The molecule has 3 heteroatoms. The van der Waals surface area contributed by atoms with Gasteiger partial charge in [0.2, 0.25) is 5.91 Å². The summed E-state index contributed by atoms with van der Waals surface area (Å²) in [5, 5.41) is 3.06. The third kappa shape index (κ3) is 2.78. The van der Waals surface area contributed by atoms with Gasteiger partial charge in [0, 0.05) is 18.5 Å². The second-order valence-corrected chi connectivity index (χ2v) is 5.98. The first-order valence-electron chi connectivity index (χ1n) is 7.50. The number of hydrogen-bond acceptors (Lipinski definition) is 2. The lowest BCUT2D eigenvalue weighted by molar-refractivity contribution is -0.125. The highest BCUT2D eigenvalue weighted by Gasteiger charge is 2.39. The first-order chi connectivity index (χ1) is 9.74. The molecule has 2 aliphatic carbocycles. The van der Waals surface area contributed by atoms with E-state index in [1.807, 2.05) is 30.3 Å². The van der Waals surface area contributed by atoms with E-state index in [1.165, 1.54) is 6.42 Å². The summed E-state index contributed by atoms with van der Waals surface area (Å²) in [6, 6.07) is 10.0. The fourth-order valence-corrected chi connectivity index (χ4v) is 3.43. The van der Waals surface area contributed by atoms with Crippen molar-refractivity contribution in [3.63, 3.8) is 0 Å². The Hall–Kier alpha value is -1.61. The topological polar surface area (TPSA) is 55.1 Å². The molecule has 1 aromatic carbocycles. The van der Waals surface area contributed by atoms with Gasteiger partial charge in [-0.25, -0.2) is 0 Å². The Morgan fingerprint density at radius 3 is 2.70 bits per heavy atom. The monoisotopic (exact) mass is 270 g/mol. The van der Waals surface area contributed by atoms with Crippen LogP contribution in [0.5, 0.6) is 0 Å². The van der Waals surface area contributed by atoms with Gasteiger partial charge in [0.1, 0.15) is 0 Å². The molecule has 2 bridgehead atoms. The van der Waals surface area contributed by atoms with Crippen LogP contribution in [-0.4, -0.2) is 12.5 Å². The highest BCUT2D eigenvalue weighted by molar-refractivity contribution is 5.79. The summed E-state index contributed by atoms with van der Waals surface area (Å²) in [6.07, 6.45) is 7.46. The molecule has 3 N–H and O–H groups in total. The van der Waals surface area contributed by atoms with Gasteiger partial charge in [0.05, 0.1) is 0 Å². The quantitative estimate of drug-likeness (QED) is 0.807. The third-order valence-corrected chi connectivity index (χ3v) is 4.60. The zero-order valence-corrected chi connectivity index (χ0v) is 11.7. The van der Waals surface area contributed by atoms with Crippen LogP contribution in [0.15, 0.2) is 42.5 Å². The minimum absolute atomic E-state index is 0.00331. The Bertz CT molecular complexity index is 497. The number of carbonyl (C=O) groups is 1. The summed E-state index contributed by atoms with van der Waals surface area (Å²) >= 11 is 0. The van der Waals surface area contributed by atoms with E-state index in [4.69, 9.17) is 5.73 Å². The SMILES string of the molecule is NC(CCNC(=O)C1CC2C=CC1C2)c1ccccc1. The van der Waals surface area contributed by atoms with E-state index in [2.05, 4.69) is 17.5 Å². The van der Waals surface area contributed by atoms with Crippen molar-refractivity contribution in [2.24, 2.45) is 23.5 Å². The van der Waals surface area contributed by atoms with Crippen LogP contribution in [0, 0.1) is 17.8 Å². The van der Waals surface area contributed by atoms with Gasteiger partial charge in [-0.2, -0.15) is 0 Å². The molecule has 0 heterocycles. The van der Waals surface area contributed by atoms with E-state index in [0.717, 1.165) is 18.4 Å². The highest BCUT2D eigenvalue weighted by Crippen LogP contribution is 2.43. The summed E-state index contributed by atoms with van der Waals surface area (Å²) in [6.45, 7) is 0.659. The predicted molar refractivity (Wildman–Crippen MR) is 79.8 cm³/mol. The second kappa shape index (κ2) is 5.80. The molecular formula is C17H22N2O. The smallest absolute Gasteiger partial charge is 0.223 e. The maximum Gasteiger partial charge on any atom is 0.223 e. The Morgan fingerprint density at radius 1 is 1.25 bits per heavy atom. The standard InChI is InChI=1S/C17H22N2O/c18-16(13-4-2-1-3-5-13)8-9-19-17(20)15-11-12-6-7-14(15)10-12/h1-7,12,14-16H,8-11,18H2,(H,19,20). The maximum atomic E-state index is 12.2. The average Bonchev–Trinajstić information content (AvgIpc) is 3.10. The maximum absolute atomic E-state index is 12.2. The molecule has 1 saturated carbocycles. The van der Waals surface area contributed by atoms with Gasteiger partial charge in [-0.1, -0.05) is 42.5 Å². The van der Waals surface area contributed by atoms with Crippen LogP contribution in [0.1, 0.15) is 30.9 Å². The molecule has 20 heavy (non-hydrogen) atoms. The Kier molecular flexibility index (Phi) is 3.88. The Labute approximate surface area is 120 Å². The van der Waals surface area contributed by atoms with Crippen LogP contribution in [-0.2, 0) is 4.79 Å². The van der Waals surface area contributed by atoms with Crippen molar-refractivity contribution in [2.45, 2.75) is 25.3 Å². The molecular weight excluding hydrogens is 248 g/mol. The molecule has 1 fully saturated rings. The van der Waals surface area contributed by atoms with E-state index in [-0.39, 0.29) is 17.9 Å². The van der Waals surface area contributed by atoms with E-state index >= 15 is 0 Å². The number of nitrogens with one attached hydrogen (secondary N) is 1. The van der Waals surface area contributed by atoms with E-state index in [9.17, 15) is 4.79 Å². The van der Waals surface area contributed by atoms with Crippen LogP contribution in [0.4, 0.5) is 0 Å². The first-order valence-corrected chi connectivity index (χ1v) is 7.50. The van der Waals surface area contributed by atoms with E-state index in [1.54, 1.807) is 0 Å². The van der Waals surface area contributed by atoms with Crippen LogP contribution in [0.3, 0.4) is 0 Å². The molecule has 106 valence electrons. The Morgan fingerprint density at radius 2 is 2.05 bits per heavy atom. The molecule has 0 spiro atoms. The van der Waals surface area contributed by atoms with Crippen LogP contribution < -0.4 is 11.1 Å². The van der Waals surface area contributed by atoms with Crippen LogP contribution >= 0.6 is 0 Å². The van der Waals surface area contributed by atoms with Crippen molar-refractivity contribution in [1.29, 1.82) is 0 Å². The number of allylic oxidation sites excluding steroid dienone is 2. The molecule has 0 aromatic heterocycles. The molecule has 1 amide bonds. The van der Waals surface area contributed by atoms with Gasteiger partial charge >= 0.3 is 0 Å². The zero-order valence-electron chi connectivity index (χ0n) is 11.7. The molecule has 3 nitrogen and oxygen atoms in total. The molecule has 0 aliphatic heterocycles. The molecule has 4 unspecified atom stereocenters. The fraction of sp³-hybridized carbons (Fsp3) is 0.471. The molecule has 0 radical (unpaired) electrons.